The van der Waals surface area contributed by atoms with Crippen LogP contribution in [0.2, 0.25) is 0 Å². The van der Waals surface area contributed by atoms with Crippen molar-refractivity contribution in [1.82, 2.24) is 9.88 Å². The highest BCUT2D eigenvalue weighted by molar-refractivity contribution is 9.10. The molecule has 0 saturated heterocycles. The Morgan fingerprint density at radius 2 is 2.05 bits per heavy atom. The second kappa shape index (κ2) is 5.61. The number of halogens is 1. The molecule has 2 aromatic rings. The Kier molecular flexibility index (Phi) is 4.10. The lowest BCUT2D eigenvalue weighted by Crippen LogP contribution is -2.23. The van der Waals surface area contributed by atoms with Crippen LogP contribution in [0.5, 0.6) is 0 Å². The number of nitrogens with one attached hydrogen (secondary N) is 1. The molecule has 2 rings (SSSR count). The summed E-state index contributed by atoms with van der Waals surface area (Å²) in [5, 5.41) is 2.95. The Morgan fingerprint density at radius 1 is 1.32 bits per heavy atom. The maximum Gasteiger partial charge on any atom is 0.251 e. The molecule has 0 saturated carbocycles. The number of hydrogen-bond donors (Lipinski definition) is 1. The normalized spacial score (nSPS) is 10.5. The molecule has 1 amide bonds. The molecule has 0 atom stereocenters. The van der Waals surface area contributed by atoms with Crippen molar-refractivity contribution in [2.75, 3.05) is 0 Å². The summed E-state index contributed by atoms with van der Waals surface area (Å²) in [6.45, 7) is 4.68. The molecular weight excluding hydrogens is 304 g/mol. The van der Waals surface area contributed by atoms with E-state index in [0.717, 1.165) is 10.0 Å². The van der Waals surface area contributed by atoms with Crippen molar-refractivity contribution in [3.8, 4) is 0 Å². The van der Waals surface area contributed by atoms with Crippen molar-refractivity contribution in [1.29, 1.82) is 0 Å². The summed E-state index contributed by atoms with van der Waals surface area (Å²) in [4.78, 5) is 12.0. The zero-order valence-electron chi connectivity index (χ0n) is 11.3. The van der Waals surface area contributed by atoms with E-state index < -0.39 is 0 Å². The van der Waals surface area contributed by atoms with Gasteiger partial charge >= 0.3 is 0 Å². The number of hydrogen-bond acceptors (Lipinski definition) is 1. The molecule has 0 bridgehead atoms. The number of carbonyl (C=O) groups excluding carboxylic acids is 1. The Balaban J connectivity index is 2.06. The predicted octanol–water partition coefficient (Wildman–Crippen LogP) is 3.33. The summed E-state index contributed by atoms with van der Waals surface area (Å²) in [5.41, 5.74) is 4.21. The van der Waals surface area contributed by atoms with Crippen molar-refractivity contribution in [3.05, 3.63) is 57.3 Å². The van der Waals surface area contributed by atoms with Crippen molar-refractivity contribution in [2.24, 2.45) is 7.05 Å². The van der Waals surface area contributed by atoms with Gasteiger partial charge in [0, 0.05) is 35.0 Å². The topological polar surface area (TPSA) is 34.0 Å². The summed E-state index contributed by atoms with van der Waals surface area (Å²) in [6.07, 6.45) is 0. The fourth-order valence-corrected chi connectivity index (χ4v) is 2.42. The van der Waals surface area contributed by atoms with E-state index in [2.05, 4.69) is 45.7 Å². The molecule has 0 aliphatic carbocycles. The number of aromatic nitrogens is 1. The van der Waals surface area contributed by atoms with E-state index in [1.165, 1.54) is 11.4 Å². The van der Waals surface area contributed by atoms with Gasteiger partial charge in [-0.15, -0.1) is 0 Å². The largest absolute Gasteiger partial charge is 0.352 e. The highest BCUT2D eigenvalue weighted by Gasteiger charge is 2.09. The smallest absolute Gasteiger partial charge is 0.251 e. The van der Waals surface area contributed by atoms with Crippen LogP contribution in [-0.2, 0) is 13.6 Å². The average Bonchev–Trinajstić information content (AvgIpc) is 2.63. The molecule has 1 heterocycles. The van der Waals surface area contributed by atoms with E-state index in [4.69, 9.17) is 0 Å². The number of carbonyl (C=O) groups is 1. The van der Waals surface area contributed by atoms with Gasteiger partial charge in [-0.3, -0.25) is 4.79 Å². The number of benzene rings is 1. The quantitative estimate of drug-likeness (QED) is 0.924. The third-order valence-corrected chi connectivity index (χ3v) is 3.90. The monoisotopic (exact) mass is 320 g/mol. The summed E-state index contributed by atoms with van der Waals surface area (Å²) in [7, 11) is 2.03. The van der Waals surface area contributed by atoms with Gasteiger partial charge in [-0.25, -0.2) is 0 Å². The molecule has 3 nitrogen and oxygen atoms in total. The van der Waals surface area contributed by atoms with Crippen molar-refractivity contribution >= 4 is 21.8 Å². The van der Waals surface area contributed by atoms with Crippen LogP contribution in [0.3, 0.4) is 0 Å². The molecule has 0 spiro atoms. The lowest BCUT2D eigenvalue weighted by atomic mass is 10.2. The van der Waals surface area contributed by atoms with Gasteiger partial charge in [0.15, 0.2) is 0 Å². The van der Waals surface area contributed by atoms with Gasteiger partial charge in [0.2, 0.25) is 0 Å². The van der Waals surface area contributed by atoms with Crippen LogP contribution in [-0.4, -0.2) is 10.5 Å². The minimum atomic E-state index is -0.0535. The molecule has 1 aromatic heterocycles. The summed E-state index contributed by atoms with van der Waals surface area (Å²) in [5.74, 6) is -0.0535. The first-order chi connectivity index (χ1) is 8.99. The number of nitrogens with zero attached hydrogens (tertiary/aromatic N) is 1. The van der Waals surface area contributed by atoms with Crippen LogP contribution in [0, 0.1) is 13.8 Å². The Morgan fingerprint density at radius 3 is 2.63 bits per heavy atom. The molecular formula is C15H17BrN2O. The lowest BCUT2D eigenvalue weighted by molar-refractivity contribution is 0.0951. The van der Waals surface area contributed by atoms with E-state index in [0.29, 0.717) is 12.1 Å². The first-order valence-electron chi connectivity index (χ1n) is 6.14. The maximum atomic E-state index is 12.0. The van der Waals surface area contributed by atoms with E-state index in [1.807, 2.05) is 31.3 Å². The Hall–Kier alpha value is -1.55. The molecule has 1 N–H and O–H groups in total. The van der Waals surface area contributed by atoms with Crippen molar-refractivity contribution in [3.63, 3.8) is 0 Å². The standard InChI is InChI=1S/C15H17BrN2O/c1-10-7-13(11(2)18(10)3)9-17-15(19)12-5-4-6-14(16)8-12/h4-8H,9H2,1-3H3,(H,17,19). The van der Waals surface area contributed by atoms with E-state index >= 15 is 0 Å². The van der Waals surface area contributed by atoms with Crippen LogP contribution < -0.4 is 5.32 Å². The predicted molar refractivity (Wildman–Crippen MR) is 80.2 cm³/mol. The van der Waals surface area contributed by atoms with E-state index in [1.54, 1.807) is 0 Å². The number of aryl methyl sites for hydroxylation is 1. The first kappa shape index (κ1) is 13.9. The minimum Gasteiger partial charge on any atom is -0.352 e. The second-order valence-corrected chi connectivity index (χ2v) is 5.56. The fraction of sp³-hybridized carbons (Fsp3) is 0.267. The van der Waals surface area contributed by atoms with Gasteiger partial charge in [-0.1, -0.05) is 22.0 Å². The fourth-order valence-electron chi connectivity index (χ4n) is 2.02. The van der Waals surface area contributed by atoms with E-state index in [9.17, 15) is 4.79 Å². The summed E-state index contributed by atoms with van der Waals surface area (Å²) < 4.78 is 3.03. The molecule has 0 aliphatic heterocycles. The second-order valence-electron chi connectivity index (χ2n) is 4.65. The molecule has 1 aromatic carbocycles. The van der Waals surface area contributed by atoms with Crippen molar-refractivity contribution < 1.29 is 4.79 Å². The summed E-state index contributed by atoms with van der Waals surface area (Å²) >= 11 is 3.37. The third kappa shape index (κ3) is 3.07. The molecule has 0 unspecified atom stereocenters. The summed E-state index contributed by atoms with van der Waals surface area (Å²) in [6, 6.07) is 9.50. The van der Waals surface area contributed by atoms with Crippen LogP contribution in [0.25, 0.3) is 0 Å². The molecule has 0 fully saturated rings. The Bertz CT molecular complexity index is 617. The van der Waals surface area contributed by atoms with E-state index in [-0.39, 0.29) is 5.91 Å². The molecule has 0 aliphatic rings. The zero-order chi connectivity index (χ0) is 14.0. The van der Waals surface area contributed by atoms with Crippen LogP contribution >= 0.6 is 15.9 Å². The zero-order valence-corrected chi connectivity index (χ0v) is 12.9. The number of rotatable bonds is 3. The third-order valence-electron chi connectivity index (χ3n) is 3.41. The highest BCUT2D eigenvalue weighted by Crippen LogP contribution is 2.14. The molecule has 19 heavy (non-hydrogen) atoms. The SMILES string of the molecule is Cc1cc(CNC(=O)c2cccc(Br)c2)c(C)n1C. The van der Waals surface area contributed by atoms with Crippen LogP contribution in [0.4, 0.5) is 0 Å². The first-order valence-corrected chi connectivity index (χ1v) is 6.94. The van der Waals surface area contributed by atoms with Gasteiger partial charge in [0.25, 0.3) is 5.91 Å². The molecule has 0 radical (unpaired) electrons. The highest BCUT2D eigenvalue weighted by atomic mass is 79.9. The Labute approximate surface area is 121 Å². The molecule has 100 valence electrons. The number of amides is 1. The molecule has 4 heteroatoms. The van der Waals surface area contributed by atoms with Gasteiger partial charge < -0.3 is 9.88 Å². The minimum absolute atomic E-state index is 0.0535. The lowest BCUT2D eigenvalue weighted by Gasteiger charge is -2.06. The van der Waals surface area contributed by atoms with Gasteiger partial charge in [-0.2, -0.15) is 0 Å². The van der Waals surface area contributed by atoms with Gasteiger partial charge in [-0.05, 0) is 43.7 Å². The van der Waals surface area contributed by atoms with Gasteiger partial charge in [0.05, 0.1) is 0 Å². The van der Waals surface area contributed by atoms with Crippen molar-refractivity contribution in [2.45, 2.75) is 20.4 Å². The maximum absolute atomic E-state index is 12.0. The van der Waals surface area contributed by atoms with Crippen LogP contribution in [0.1, 0.15) is 27.3 Å². The average molecular weight is 321 g/mol. The van der Waals surface area contributed by atoms with Gasteiger partial charge in [0.1, 0.15) is 0 Å². The van der Waals surface area contributed by atoms with Crippen LogP contribution in [0.15, 0.2) is 34.8 Å².